The molecular weight excluding hydrogens is 452 g/mol. The Morgan fingerprint density at radius 2 is 1.00 bits per heavy atom. The number of benzene rings is 2. The van der Waals surface area contributed by atoms with Gasteiger partial charge in [-0.15, -0.1) is 0 Å². The van der Waals surface area contributed by atoms with Crippen molar-refractivity contribution in [2.24, 2.45) is 23.3 Å². The van der Waals surface area contributed by atoms with E-state index in [2.05, 4.69) is 9.97 Å². The highest BCUT2D eigenvalue weighted by atomic mass is 16.1. The molecule has 0 radical (unpaired) electrons. The number of nitrogens with zero attached hydrogens (tertiary/aromatic N) is 4. The summed E-state index contributed by atoms with van der Waals surface area (Å²) in [6.45, 7) is 0. The largest absolute Gasteiger partial charge is 0.364 e. The highest BCUT2D eigenvalue weighted by molar-refractivity contribution is 5.95. The lowest BCUT2D eigenvalue weighted by molar-refractivity contribution is -0.0323. The van der Waals surface area contributed by atoms with Crippen LogP contribution in [0.4, 0.5) is 0 Å². The number of fused-ring (bicyclic) bond motifs is 2. The first-order valence-electron chi connectivity index (χ1n) is 12.5. The zero-order valence-electron chi connectivity index (χ0n) is 19.8. The first-order valence-corrected chi connectivity index (χ1v) is 12.5. The molecule has 0 spiro atoms. The summed E-state index contributed by atoms with van der Waals surface area (Å²) in [4.78, 5) is 44.7. The van der Waals surface area contributed by atoms with Crippen LogP contribution in [0.25, 0.3) is 22.1 Å². The van der Waals surface area contributed by atoms with Gasteiger partial charge < -0.3 is 11.5 Å². The van der Waals surface area contributed by atoms with Gasteiger partial charge in [0.25, 0.3) is 11.8 Å². The predicted octanol–water partition coefficient (Wildman–Crippen LogP) is 3.56. The van der Waals surface area contributed by atoms with Gasteiger partial charge in [-0.3, -0.25) is 9.59 Å². The number of nitrogens with two attached hydrogens (primary N) is 2. The molecule has 4 fully saturated rings. The van der Waals surface area contributed by atoms with Gasteiger partial charge in [0, 0.05) is 10.8 Å². The van der Waals surface area contributed by atoms with Crippen molar-refractivity contribution < 1.29 is 9.59 Å². The molecule has 36 heavy (non-hydrogen) atoms. The highest BCUT2D eigenvalue weighted by Crippen LogP contribution is 2.66. The molecule has 2 aromatic carbocycles. The van der Waals surface area contributed by atoms with Crippen LogP contribution in [0.3, 0.4) is 0 Å². The van der Waals surface area contributed by atoms with Crippen LogP contribution in [-0.4, -0.2) is 31.8 Å². The summed E-state index contributed by atoms with van der Waals surface area (Å²) in [5.74, 6) is -0.267. The van der Waals surface area contributed by atoms with Crippen LogP contribution >= 0.6 is 0 Å². The fraction of sp³-hybridized carbons (Fsp3) is 0.357. The molecule has 8 nitrogen and oxygen atoms in total. The zero-order chi connectivity index (χ0) is 24.7. The van der Waals surface area contributed by atoms with E-state index in [-0.39, 0.29) is 22.2 Å². The number of aromatic nitrogens is 4. The van der Waals surface area contributed by atoms with Gasteiger partial charge in [0.15, 0.2) is 11.4 Å². The van der Waals surface area contributed by atoms with E-state index in [0.717, 1.165) is 43.1 Å². The normalized spacial score (nSPS) is 28.6. The van der Waals surface area contributed by atoms with Crippen molar-refractivity contribution >= 4 is 33.9 Å². The van der Waals surface area contributed by atoms with E-state index in [0.29, 0.717) is 40.7 Å². The molecule has 0 unspecified atom stereocenters. The van der Waals surface area contributed by atoms with E-state index >= 15 is 0 Å². The van der Waals surface area contributed by atoms with Crippen molar-refractivity contribution in [3.63, 3.8) is 0 Å². The van der Waals surface area contributed by atoms with Crippen molar-refractivity contribution in [1.82, 2.24) is 19.9 Å². The van der Waals surface area contributed by atoms with Crippen LogP contribution in [0.2, 0.25) is 0 Å². The van der Waals surface area contributed by atoms with Crippen LogP contribution < -0.4 is 11.5 Å². The van der Waals surface area contributed by atoms with Gasteiger partial charge >= 0.3 is 0 Å². The van der Waals surface area contributed by atoms with E-state index in [4.69, 9.17) is 21.4 Å². The van der Waals surface area contributed by atoms with Crippen LogP contribution in [0.15, 0.2) is 48.5 Å². The number of rotatable bonds is 4. The van der Waals surface area contributed by atoms with E-state index in [1.54, 1.807) is 0 Å². The second-order valence-electron chi connectivity index (χ2n) is 11.1. The van der Waals surface area contributed by atoms with Gasteiger partial charge in [0.1, 0.15) is 0 Å². The van der Waals surface area contributed by atoms with E-state index in [1.807, 2.05) is 48.5 Å². The topological polar surface area (TPSA) is 138 Å². The van der Waals surface area contributed by atoms with Gasteiger partial charge in [-0.05, 0) is 74.6 Å². The standard InChI is InChI=1S/C28H26N6O2/c29-25(35)21-23(33-19-7-3-1-5-17(19)31-21)27-10-15-9-16(11-27)13-28(12-15,14-27)24-22(26(30)36)32-18-6-2-4-8-20(18)34-24/h1-8,15-16H,9-14H2,(H2,29,35)(H2,30,36). The summed E-state index contributed by atoms with van der Waals surface area (Å²) in [6, 6.07) is 15.2. The molecule has 0 saturated heterocycles. The molecule has 4 bridgehead atoms. The monoisotopic (exact) mass is 478 g/mol. The van der Waals surface area contributed by atoms with Crippen molar-refractivity contribution in [2.45, 2.75) is 49.4 Å². The Labute approximate surface area is 207 Å². The summed E-state index contributed by atoms with van der Waals surface area (Å²) in [6.07, 6.45) is 5.53. The molecular formula is C28H26N6O2. The number of para-hydroxylation sites is 4. The van der Waals surface area contributed by atoms with Crippen molar-refractivity contribution in [1.29, 1.82) is 0 Å². The van der Waals surface area contributed by atoms with E-state index < -0.39 is 11.8 Å². The number of primary amides is 2. The van der Waals surface area contributed by atoms with Crippen molar-refractivity contribution in [2.75, 3.05) is 0 Å². The first kappa shape index (κ1) is 21.4. The minimum atomic E-state index is -0.559. The fourth-order valence-corrected chi connectivity index (χ4v) is 7.90. The third-order valence-corrected chi connectivity index (χ3v) is 8.67. The lowest BCUT2D eigenvalue weighted by Gasteiger charge is -2.61. The molecule has 4 aliphatic carbocycles. The maximum absolute atomic E-state index is 12.6. The van der Waals surface area contributed by atoms with E-state index in [1.165, 1.54) is 0 Å². The quantitative estimate of drug-likeness (QED) is 0.460. The first-order chi connectivity index (χ1) is 17.4. The molecule has 8 rings (SSSR count). The maximum Gasteiger partial charge on any atom is 0.269 e. The summed E-state index contributed by atoms with van der Waals surface area (Å²) in [5.41, 5.74) is 15.7. The molecule has 0 atom stereocenters. The molecule has 4 saturated carbocycles. The summed E-state index contributed by atoms with van der Waals surface area (Å²) >= 11 is 0. The average Bonchev–Trinajstić information content (AvgIpc) is 2.86. The molecule has 2 aromatic heterocycles. The van der Waals surface area contributed by atoms with Gasteiger partial charge in [-0.2, -0.15) is 0 Å². The van der Waals surface area contributed by atoms with Gasteiger partial charge in [0.05, 0.1) is 33.5 Å². The van der Waals surface area contributed by atoms with Gasteiger partial charge in [-0.1, -0.05) is 24.3 Å². The third kappa shape index (κ3) is 3.00. The Kier molecular flexibility index (Phi) is 4.32. The van der Waals surface area contributed by atoms with E-state index in [9.17, 15) is 9.59 Å². The molecule has 8 heteroatoms. The summed E-state index contributed by atoms with van der Waals surface area (Å²) in [7, 11) is 0. The molecule has 4 aliphatic rings. The maximum atomic E-state index is 12.6. The van der Waals surface area contributed by atoms with Crippen molar-refractivity contribution in [3.05, 3.63) is 71.3 Å². The second-order valence-corrected chi connectivity index (χ2v) is 11.1. The zero-order valence-corrected chi connectivity index (χ0v) is 19.8. The SMILES string of the molecule is NC(=O)c1nc2ccccc2nc1C12CC3CC(C1)CC(c1nc4ccccc4nc1C(N)=O)(C3)C2. The Balaban J connectivity index is 1.45. The number of carbonyl (C=O) groups excluding carboxylic acids is 2. The lowest BCUT2D eigenvalue weighted by Crippen LogP contribution is -2.57. The summed E-state index contributed by atoms with van der Waals surface area (Å²) in [5, 5.41) is 0. The number of amides is 2. The summed E-state index contributed by atoms with van der Waals surface area (Å²) < 4.78 is 0. The number of hydrogen-bond acceptors (Lipinski definition) is 6. The van der Waals surface area contributed by atoms with Crippen molar-refractivity contribution in [3.8, 4) is 0 Å². The number of carbonyl (C=O) groups is 2. The molecule has 2 amide bonds. The lowest BCUT2D eigenvalue weighted by atomic mass is 9.42. The molecule has 2 heterocycles. The fourth-order valence-electron chi connectivity index (χ4n) is 7.90. The predicted molar refractivity (Wildman–Crippen MR) is 134 cm³/mol. The average molecular weight is 479 g/mol. The molecule has 0 aliphatic heterocycles. The minimum Gasteiger partial charge on any atom is -0.364 e. The minimum absolute atomic E-state index is 0.255. The number of hydrogen-bond donors (Lipinski definition) is 2. The molecule has 4 aromatic rings. The third-order valence-electron chi connectivity index (χ3n) is 8.67. The molecule has 4 N–H and O–H groups in total. The van der Waals surface area contributed by atoms with Crippen LogP contribution in [0.5, 0.6) is 0 Å². The Morgan fingerprint density at radius 3 is 1.36 bits per heavy atom. The smallest absolute Gasteiger partial charge is 0.269 e. The Hall–Kier alpha value is -3.94. The van der Waals surface area contributed by atoms with Gasteiger partial charge in [-0.25, -0.2) is 19.9 Å². The molecule has 180 valence electrons. The van der Waals surface area contributed by atoms with Crippen LogP contribution in [0, 0.1) is 11.8 Å². The van der Waals surface area contributed by atoms with Crippen LogP contribution in [0.1, 0.15) is 70.9 Å². The Bertz CT molecular complexity index is 1470. The second kappa shape index (κ2) is 7.29. The van der Waals surface area contributed by atoms with Crippen LogP contribution in [-0.2, 0) is 10.8 Å². The highest BCUT2D eigenvalue weighted by Gasteiger charge is 2.61. The Morgan fingerprint density at radius 1 is 0.639 bits per heavy atom. The van der Waals surface area contributed by atoms with Gasteiger partial charge in [0.2, 0.25) is 0 Å².